The molecule has 0 radical (unpaired) electrons. The van der Waals surface area contributed by atoms with Crippen LogP contribution >= 0.6 is 0 Å². The van der Waals surface area contributed by atoms with E-state index in [9.17, 15) is 0 Å². The van der Waals surface area contributed by atoms with Crippen molar-refractivity contribution < 1.29 is 4.74 Å². The molecular formula is C23H23N5O. The van der Waals surface area contributed by atoms with E-state index in [-0.39, 0.29) is 6.04 Å². The summed E-state index contributed by atoms with van der Waals surface area (Å²) in [5.74, 6) is 0.573. The summed E-state index contributed by atoms with van der Waals surface area (Å²) in [4.78, 5) is 15.6. The molecule has 2 aromatic heterocycles. The molecule has 146 valence electrons. The number of likely N-dealkylation sites (N-methyl/N-ethyl adjacent to an activating group) is 1. The fourth-order valence-corrected chi connectivity index (χ4v) is 4.13. The van der Waals surface area contributed by atoms with Crippen molar-refractivity contribution in [2.45, 2.75) is 12.5 Å². The molecule has 1 atom stereocenters. The van der Waals surface area contributed by atoms with Crippen molar-refractivity contribution in [3.63, 3.8) is 0 Å². The molecule has 6 heteroatoms. The van der Waals surface area contributed by atoms with Crippen molar-refractivity contribution >= 4 is 22.0 Å². The third-order valence-corrected chi connectivity index (χ3v) is 5.76. The molecule has 0 bridgehead atoms. The fourth-order valence-electron chi connectivity index (χ4n) is 4.13. The first-order valence-corrected chi connectivity index (χ1v) is 9.79. The largest absolute Gasteiger partial charge is 0.480 e. The normalized spacial score (nSPS) is 19.1. The standard InChI is InChI=1S/C23H23N5O/c1-28-7-5-14(6-8-28)16-10-18-17(11-20(24)22(18)25-12-16)15-3-4-21-19(9-15)23(29-2)27-13-26-21/h3-5,9-13,20H,6-8,24H2,1-2H3/t20-/m0/s1. The zero-order chi connectivity index (χ0) is 20.0. The third-order valence-electron chi connectivity index (χ3n) is 5.76. The van der Waals surface area contributed by atoms with E-state index in [0.717, 1.165) is 52.8 Å². The Labute approximate surface area is 169 Å². The van der Waals surface area contributed by atoms with Gasteiger partial charge in [-0.15, -0.1) is 0 Å². The summed E-state index contributed by atoms with van der Waals surface area (Å²) in [7, 11) is 3.77. The highest BCUT2D eigenvalue weighted by Crippen LogP contribution is 2.39. The zero-order valence-corrected chi connectivity index (χ0v) is 16.6. The van der Waals surface area contributed by atoms with Crippen LogP contribution in [0.3, 0.4) is 0 Å². The first-order chi connectivity index (χ1) is 14.1. The van der Waals surface area contributed by atoms with Gasteiger partial charge in [-0.2, -0.15) is 0 Å². The minimum atomic E-state index is -0.204. The maximum atomic E-state index is 6.38. The second-order valence-electron chi connectivity index (χ2n) is 7.62. The van der Waals surface area contributed by atoms with Crippen LogP contribution in [-0.2, 0) is 0 Å². The maximum absolute atomic E-state index is 6.38. The van der Waals surface area contributed by atoms with Crippen LogP contribution in [0.5, 0.6) is 5.88 Å². The van der Waals surface area contributed by atoms with Gasteiger partial charge in [0.05, 0.1) is 29.7 Å². The van der Waals surface area contributed by atoms with Gasteiger partial charge in [-0.1, -0.05) is 18.2 Å². The van der Waals surface area contributed by atoms with Crippen molar-refractivity contribution in [2.24, 2.45) is 5.73 Å². The molecule has 0 saturated carbocycles. The lowest BCUT2D eigenvalue weighted by atomic mass is 9.95. The number of rotatable bonds is 3. The molecule has 3 aromatic rings. The summed E-state index contributed by atoms with van der Waals surface area (Å²) in [6.45, 7) is 2.04. The lowest BCUT2D eigenvalue weighted by Gasteiger charge is -2.22. The van der Waals surface area contributed by atoms with Gasteiger partial charge in [0.15, 0.2) is 0 Å². The van der Waals surface area contributed by atoms with Gasteiger partial charge in [0.25, 0.3) is 0 Å². The number of hydrogen-bond donors (Lipinski definition) is 1. The summed E-state index contributed by atoms with van der Waals surface area (Å²) in [6, 6.07) is 8.18. The second-order valence-corrected chi connectivity index (χ2v) is 7.62. The topological polar surface area (TPSA) is 77.2 Å². The molecule has 6 nitrogen and oxygen atoms in total. The summed E-state index contributed by atoms with van der Waals surface area (Å²) >= 11 is 0. The lowest BCUT2D eigenvalue weighted by molar-refractivity contribution is 0.370. The predicted octanol–water partition coefficient (Wildman–Crippen LogP) is 3.20. The van der Waals surface area contributed by atoms with Crippen molar-refractivity contribution in [1.82, 2.24) is 19.9 Å². The van der Waals surface area contributed by atoms with Gasteiger partial charge in [-0.05, 0) is 53.9 Å². The molecule has 0 amide bonds. The number of fused-ring (bicyclic) bond motifs is 2. The Morgan fingerprint density at radius 3 is 2.83 bits per heavy atom. The van der Waals surface area contributed by atoms with Gasteiger partial charge in [-0.3, -0.25) is 4.98 Å². The van der Waals surface area contributed by atoms with Crippen molar-refractivity contribution in [3.8, 4) is 5.88 Å². The van der Waals surface area contributed by atoms with Crippen LogP contribution in [0.1, 0.15) is 34.8 Å². The van der Waals surface area contributed by atoms with Crippen LogP contribution in [0, 0.1) is 0 Å². The van der Waals surface area contributed by atoms with Crippen LogP contribution < -0.4 is 10.5 Å². The smallest absolute Gasteiger partial charge is 0.224 e. The van der Waals surface area contributed by atoms with Crippen LogP contribution in [0.15, 0.2) is 48.9 Å². The highest BCUT2D eigenvalue weighted by Gasteiger charge is 2.25. The summed E-state index contributed by atoms with van der Waals surface area (Å²) in [5, 5.41) is 0.887. The molecule has 5 rings (SSSR count). The number of aromatic nitrogens is 3. The van der Waals surface area contributed by atoms with E-state index in [1.807, 2.05) is 12.3 Å². The minimum Gasteiger partial charge on any atom is -0.480 e. The average Bonchev–Trinajstić information content (AvgIpc) is 3.09. The highest BCUT2D eigenvalue weighted by atomic mass is 16.5. The Morgan fingerprint density at radius 1 is 1.14 bits per heavy atom. The molecule has 0 fully saturated rings. The molecule has 1 aliphatic carbocycles. The van der Waals surface area contributed by atoms with E-state index in [0.29, 0.717) is 5.88 Å². The molecule has 2 N–H and O–H groups in total. The zero-order valence-electron chi connectivity index (χ0n) is 16.6. The van der Waals surface area contributed by atoms with Crippen molar-refractivity contribution in [1.29, 1.82) is 0 Å². The molecule has 29 heavy (non-hydrogen) atoms. The monoisotopic (exact) mass is 385 g/mol. The number of benzene rings is 1. The van der Waals surface area contributed by atoms with Gasteiger partial charge in [0.2, 0.25) is 5.88 Å². The first kappa shape index (κ1) is 18.0. The average molecular weight is 385 g/mol. The Bertz CT molecular complexity index is 1170. The van der Waals surface area contributed by atoms with Gasteiger partial charge in [0, 0.05) is 24.8 Å². The molecule has 2 aliphatic rings. The number of methoxy groups -OCH3 is 1. The number of nitrogens with zero attached hydrogens (tertiary/aromatic N) is 4. The van der Waals surface area contributed by atoms with E-state index in [4.69, 9.17) is 15.5 Å². The van der Waals surface area contributed by atoms with E-state index in [1.165, 1.54) is 17.5 Å². The molecule has 1 aliphatic heterocycles. The number of nitrogens with two attached hydrogens (primary N) is 1. The Balaban J connectivity index is 1.59. The van der Waals surface area contributed by atoms with E-state index >= 15 is 0 Å². The highest BCUT2D eigenvalue weighted by molar-refractivity contribution is 5.92. The van der Waals surface area contributed by atoms with Crippen LogP contribution in [0.4, 0.5) is 0 Å². The van der Waals surface area contributed by atoms with E-state index in [1.54, 1.807) is 7.11 Å². The van der Waals surface area contributed by atoms with Gasteiger partial charge in [-0.25, -0.2) is 9.97 Å². The van der Waals surface area contributed by atoms with Gasteiger partial charge in [0.1, 0.15) is 6.33 Å². The number of hydrogen-bond acceptors (Lipinski definition) is 6. The van der Waals surface area contributed by atoms with Crippen LogP contribution in [0.25, 0.3) is 22.0 Å². The summed E-state index contributed by atoms with van der Waals surface area (Å²) in [6.07, 6.45) is 8.90. The molecule has 0 saturated heterocycles. The van der Waals surface area contributed by atoms with E-state index < -0.39 is 0 Å². The minimum absolute atomic E-state index is 0.204. The van der Waals surface area contributed by atoms with Gasteiger partial charge < -0.3 is 15.4 Å². The second kappa shape index (κ2) is 7.06. The van der Waals surface area contributed by atoms with Crippen LogP contribution in [-0.4, -0.2) is 47.1 Å². The van der Waals surface area contributed by atoms with Crippen molar-refractivity contribution in [2.75, 3.05) is 27.2 Å². The first-order valence-electron chi connectivity index (χ1n) is 9.79. The fraction of sp³-hybridized carbons (Fsp3) is 0.261. The lowest BCUT2D eigenvalue weighted by Crippen LogP contribution is -2.23. The van der Waals surface area contributed by atoms with Crippen molar-refractivity contribution in [3.05, 3.63) is 71.3 Å². The Kier molecular flexibility index (Phi) is 4.38. The molecule has 0 unspecified atom stereocenters. The molecule has 1 aromatic carbocycles. The Morgan fingerprint density at radius 2 is 2.03 bits per heavy atom. The van der Waals surface area contributed by atoms with E-state index in [2.05, 4.69) is 52.3 Å². The molecule has 3 heterocycles. The molecular weight excluding hydrogens is 362 g/mol. The summed E-state index contributed by atoms with van der Waals surface area (Å²) < 4.78 is 5.42. The molecule has 0 spiro atoms. The number of ether oxygens (including phenoxy) is 1. The van der Waals surface area contributed by atoms with Crippen LogP contribution in [0.2, 0.25) is 0 Å². The third kappa shape index (κ3) is 3.10. The summed E-state index contributed by atoms with van der Waals surface area (Å²) in [5.41, 5.74) is 14.0. The number of pyridine rings is 1. The Hall–Kier alpha value is -3.09. The quantitative estimate of drug-likeness (QED) is 0.746. The predicted molar refractivity (Wildman–Crippen MR) is 114 cm³/mol. The maximum Gasteiger partial charge on any atom is 0.224 e. The van der Waals surface area contributed by atoms with Gasteiger partial charge >= 0.3 is 0 Å². The SMILES string of the molecule is COc1ncnc2ccc(C3=C[C@H](N)c4ncc(C5=CCN(C)CC5)cc43)cc12.